The van der Waals surface area contributed by atoms with E-state index in [1.165, 1.54) is 30.5 Å². The van der Waals surface area contributed by atoms with Crippen LogP contribution < -0.4 is 10.2 Å². The average Bonchev–Trinajstić information content (AvgIpc) is 3.26. The van der Waals surface area contributed by atoms with E-state index < -0.39 is 35.2 Å². The van der Waals surface area contributed by atoms with Gasteiger partial charge in [-0.25, -0.2) is 14.8 Å². The maximum Gasteiger partial charge on any atom is 0.452 e. The number of oxazole rings is 1. The molecule has 1 amide bonds. The fourth-order valence-electron chi connectivity index (χ4n) is 2.97. The number of carbonyl (C=O) groups is 2. The Balaban J connectivity index is 1.78. The summed E-state index contributed by atoms with van der Waals surface area (Å²) in [4.78, 5) is 33.0. The number of aromatic nitrogens is 2. The van der Waals surface area contributed by atoms with Crippen LogP contribution in [0.2, 0.25) is 0 Å². The molecule has 2 aromatic heterocycles. The van der Waals surface area contributed by atoms with Crippen molar-refractivity contribution in [2.45, 2.75) is 25.6 Å². The lowest BCUT2D eigenvalue weighted by atomic mass is 10.1. The van der Waals surface area contributed by atoms with E-state index >= 15 is 0 Å². The monoisotopic (exact) mass is 475 g/mol. The molecule has 0 saturated heterocycles. The predicted molar refractivity (Wildman–Crippen MR) is 117 cm³/mol. The van der Waals surface area contributed by atoms with Gasteiger partial charge in [-0.05, 0) is 31.2 Å². The van der Waals surface area contributed by atoms with Gasteiger partial charge >= 0.3 is 12.1 Å². The summed E-state index contributed by atoms with van der Waals surface area (Å²) in [5, 5.41) is 18.6. The van der Waals surface area contributed by atoms with E-state index in [0.29, 0.717) is 5.82 Å². The summed E-state index contributed by atoms with van der Waals surface area (Å²) < 4.78 is 45.2. The van der Waals surface area contributed by atoms with Crippen molar-refractivity contribution in [3.05, 3.63) is 60.1 Å². The van der Waals surface area contributed by atoms with Crippen molar-refractivity contribution in [2.75, 3.05) is 17.3 Å². The van der Waals surface area contributed by atoms with Crippen LogP contribution in [-0.2, 0) is 11.0 Å². The molecular formula is C22H20F3N5O4. The molecule has 9 nitrogen and oxygen atoms in total. The van der Waals surface area contributed by atoms with Gasteiger partial charge in [-0.15, -0.1) is 0 Å². The molecule has 3 N–H and O–H groups in total. The van der Waals surface area contributed by atoms with Crippen molar-refractivity contribution >= 4 is 29.1 Å². The summed E-state index contributed by atoms with van der Waals surface area (Å²) >= 11 is 0. The first kappa shape index (κ1) is 24.4. The lowest BCUT2D eigenvalue weighted by molar-refractivity contribution is -0.153. The largest absolute Gasteiger partial charge is 0.477 e. The third-order valence-electron chi connectivity index (χ3n) is 4.91. The van der Waals surface area contributed by atoms with Gasteiger partial charge in [0.15, 0.2) is 5.69 Å². The summed E-state index contributed by atoms with van der Waals surface area (Å²) in [6.45, 7) is 1.71. The van der Waals surface area contributed by atoms with Crippen molar-refractivity contribution in [1.82, 2.24) is 9.97 Å². The number of nitrogens with zero attached hydrogens (tertiary/aromatic N) is 3. The average molecular weight is 475 g/mol. The number of amides is 1. The third kappa shape index (κ3) is 5.57. The number of hydrogen-bond acceptors (Lipinski definition) is 7. The lowest BCUT2D eigenvalue weighted by Gasteiger charge is -2.25. The zero-order valence-electron chi connectivity index (χ0n) is 18.1. The van der Waals surface area contributed by atoms with Gasteiger partial charge in [0.05, 0.1) is 11.9 Å². The van der Waals surface area contributed by atoms with Crippen LogP contribution >= 0.6 is 0 Å². The summed E-state index contributed by atoms with van der Waals surface area (Å²) in [6.07, 6.45) is -3.72. The second-order valence-electron chi connectivity index (χ2n) is 7.37. The molecule has 0 fully saturated rings. The fraction of sp³-hybridized carbons (Fsp3) is 0.227. The second-order valence-corrected chi connectivity index (χ2v) is 7.37. The number of hydrogen-bond donors (Lipinski definition) is 3. The van der Waals surface area contributed by atoms with Crippen LogP contribution in [0.1, 0.15) is 29.6 Å². The zero-order valence-corrected chi connectivity index (χ0v) is 18.1. The Morgan fingerprint density at radius 1 is 1.21 bits per heavy atom. The molecule has 0 aliphatic rings. The molecule has 0 aliphatic heterocycles. The minimum absolute atomic E-state index is 0.0257. The maximum atomic E-state index is 13.5. The summed E-state index contributed by atoms with van der Waals surface area (Å²) in [5.41, 5.74) is -0.962. The van der Waals surface area contributed by atoms with E-state index in [1.54, 1.807) is 37.1 Å². The number of anilines is 2. The molecule has 1 atom stereocenters. The highest BCUT2D eigenvalue weighted by Gasteiger charge is 2.42. The van der Waals surface area contributed by atoms with E-state index in [9.17, 15) is 22.8 Å². The third-order valence-corrected chi connectivity index (χ3v) is 4.91. The molecule has 178 valence electrons. The Labute approximate surface area is 191 Å². The highest BCUT2D eigenvalue weighted by atomic mass is 19.4. The summed E-state index contributed by atoms with van der Waals surface area (Å²) in [5.74, 6) is -3.87. The van der Waals surface area contributed by atoms with Crippen LogP contribution in [0.25, 0.3) is 11.5 Å². The van der Waals surface area contributed by atoms with Gasteiger partial charge in [-0.2, -0.15) is 13.2 Å². The predicted octanol–water partition coefficient (Wildman–Crippen LogP) is 4.33. The quantitative estimate of drug-likeness (QED) is 0.413. The number of carboxylic acids is 1. The second kappa shape index (κ2) is 9.73. The number of aliphatic carboxylic acids is 1. The molecular weight excluding hydrogens is 455 g/mol. The summed E-state index contributed by atoms with van der Waals surface area (Å²) in [6, 6.07) is 10.5. The van der Waals surface area contributed by atoms with Gasteiger partial charge in [0.1, 0.15) is 11.5 Å². The number of nitrogens with one attached hydrogen (secondary N) is 2. The van der Waals surface area contributed by atoms with Crippen molar-refractivity contribution in [1.29, 1.82) is 5.41 Å². The van der Waals surface area contributed by atoms with Gasteiger partial charge in [-0.1, -0.05) is 18.2 Å². The molecule has 3 aromatic rings. The van der Waals surface area contributed by atoms with Crippen molar-refractivity contribution in [2.24, 2.45) is 0 Å². The van der Waals surface area contributed by atoms with Crippen LogP contribution in [0, 0.1) is 5.41 Å². The lowest BCUT2D eigenvalue weighted by Crippen LogP contribution is -2.33. The number of alkyl halides is 3. The first-order valence-corrected chi connectivity index (χ1v) is 9.91. The molecule has 0 aliphatic carbocycles. The van der Waals surface area contributed by atoms with Crippen LogP contribution in [0.4, 0.5) is 24.7 Å². The molecule has 0 saturated carbocycles. The van der Waals surface area contributed by atoms with Crippen molar-refractivity contribution in [3.8, 4) is 11.5 Å². The van der Waals surface area contributed by atoms with Crippen LogP contribution in [0.5, 0.6) is 0 Å². The van der Waals surface area contributed by atoms with Gasteiger partial charge in [0, 0.05) is 25.1 Å². The standard InChI is InChI=1S/C22H20F3N5O4/c1-12(10-15(26)21(32)33)30(2)16-9-8-14(11-27-16)28-19(31)17-18(22(23,24)25)34-20(29-17)13-6-4-3-5-7-13/h3-9,11-12,26H,10H2,1-2H3,(H,28,31)(H,32,33)/t12-/m0/s1. The van der Waals surface area contributed by atoms with Gasteiger partial charge < -0.3 is 19.7 Å². The molecule has 0 bridgehead atoms. The Bertz CT molecular complexity index is 1190. The summed E-state index contributed by atoms with van der Waals surface area (Å²) in [7, 11) is 1.65. The Morgan fingerprint density at radius 2 is 1.88 bits per heavy atom. The van der Waals surface area contributed by atoms with E-state index in [1.807, 2.05) is 0 Å². The Hall–Kier alpha value is -4.22. The van der Waals surface area contributed by atoms with Crippen molar-refractivity contribution in [3.63, 3.8) is 0 Å². The molecule has 34 heavy (non-hydrogen) atoms. The fourth-order valence-corrected chi connectivity index (χ4v) is 2.97. The minimum atomic E-state index is -4.93. The maximum absolute atomic E-state index is 13.5. The molecule has 3 rings (SSSR count). The number of pyridine rings is 1. The molecule has 0 unspecified atom stereocenters. The SMILES string of the molecule is C[C@@H](CC(=N)C(=O)O)N(C)c1ccc(NC(=O)c2nc(-c3ccccc3)oc2C(F)(F)F)cn1. The topological polar surface area (TPSA) is 132 Å². The normalized spacial score (nSPS) is 12.1. The molecule has 2 heterocycles. The van der Waals surface area contributed by atoms with E-state index in [2.05, 4.69) is 15.3 Å². The number of halogens is 3. The van der Waals surface area contributed by atoms with Crippen LogP contribution in [0.15, 0.2) is 53.1 Å². The van der Waals surface area contributed by atoms with E-state index in [4.69, 9.17) is 14.9 Å². The van der Waals surface area contributed by atoms with Crippen LogP contribution in [0.3, 0.4) is 0 Å². The Kier molecular flexibility index (Phi) is 6.99. The first-order valence-electron chi connectivity index (χ1n) is 9.91. The zero-order chi connectivity index (χ0) is 25.0. The Morgan fingerprint density at radius 3 is 2.44 bits per heavy atom. The molecule has 12 heteroatoms. The smallest absolute Gasteiger partial charge is 0.452 e. The van der Waals surface area contributed by atoms with Gasteiger partial charge in [0.25, 0.3) is 5.91 Å². The van der Waals surface area contributed by atoms with Gasteiger partial charge in [-0.3, -0.25) is 10.2 Å². The number of benzene rings is 1. The number of carbonyl (C=O) groups excluding carboxylic acids is 1. The van der Waals surface area contributed by atoms with E-state index in [0.717, 1.165) is 0 Å². The highest BCUT2D eigenvalue weighted by molar-refractivity contribution is 6.34. The molecule has 0 radical (unpaired) electrons. The minimum Gasteiger partial charge on any atom is -0.477 e. The molecule has 1 aromatic carbocycles. The van der Waals surface area contributed by atoms with Gasteiger partial charge in [0.2, 0.25) is 11.7 Å². The van der Waals surface area contributed by atoms with Crippen LogP contribution in [-0.4, -0.2) is 45.8 Å². The number of carboxylic acid groups (broad SMARTS) is 1. The highest BCUT2D eigenvalue weighted by Crippen LogP contribution is 2.35. The molecule has 0 spiro atoms. The number of rotatable bonds is 8. The van der Waals surface area contributed by atoms with Crippen molar-refractivity contribution < 1.29 is 32.3 Å². The first-order chi connectivity index (χ1) is 16.0. The van der Waals surface area contributed by atoms with E-state index in [-0.39, 0.29) is 29.6 Å².